The fraction of sp³-hybridized carbons (Fsp3) is 0.0286. The van der Waals surface area contributed by atoms with Crippen LogP contribution in [0, 0.1) is 116 Å². The number of aromatic nitrogens is 2. The second-order valence-corrected chi connectivity index (χ2v) is 11.9. The summed E-state index contributed by atoms with van der Waals surface area (Å²) in [6.07, 6.45) is 0.103. The monoisotopic (exact) mass is 866 g/mol. The van der Waals surface area contributed by atoms with Crippen molar-refractivity contribution in [1.82, 2.24) is 4.98 Å². The number of rotatable bonds is 6. The maximum Gasteiger partial charge on any atom is 0.200 e. The van der Waals surface area contributed by atoms with Crippen molar-refractivity contribution in [3.63, 3.8) is 0 Å². The van der Waals surface area contributed by atoms with Gasteiger partial charge in [-0.25, -0.2) is 87.8 Å². The lowest BCUT2D eigenvalue weighted by Crippen LogP contribution is -2.81. The quantitative estimate of drug-likeness (QED) is 0.0647. The first-order valence-corrected chi connectivity index (χ1v) is 15.3. The minimum absolute atomic E-state index is 0.300. The third kappa shape index (κ3) is 6.92. The number of benzene rings is 5. The first kappa shape index (κ1) is 43.8. The van der Waals surface area contributed by atoms with Gasteiger partial charge in [-0.3, -0.25) is 4.98 Å². The number of phenols is 1. The summed E-state index contributed by atoms with van der Waals surface area (Å²) in [7, 11) is 0. The summed E-state index contributed by atoms with van der Waals surface area (Å²) in [5.41, 5.74) is -13.2. The van der Waals surface area contributed by atoms with Crippen molar-refractivity contribution in [2.75, 3.05) is 0 Å². The van der Waals surface area contributed by atoms with Gasteiger partial charge in [0.15, 0.2) is 88.7 Å². The molecular formula is C35H11BF20N2O. The maximum absolute atomic E-state index is 15.4. The molecule has 0 unspecified atom stereocenters. The van der Waals surface area contributed by atoms with Crippen LogP contribution in [0.2, 0.25) is 0 Å². The van der Waals surface area contributed by atoms with Crippen molar-refractivity contribution in [2.45, 2.75) is 6.54 Å². The van der Waals surface area contributed by atoms with E-state index in [4.69, 9.17) is 5.11 Å². The normalized spacial score (nSPS) is 11.5. The van der Waals surface area contributed by atoms with Gasteiger partial charge in [0.1, 0.15) is 58.4 Å². The largest absolute Gasteiger partial charge is 0.508 e. The van der Waals surface area contributed by atoms with Gasteiger partial charge in [0.25, 0.3) is 0 Å². The number of nitrogens with zero attached hydrogens (tertiary/aromatic N) is 2. The molecule has 1 N–H and O–H groups in total. The number of hydrogen-bond donors (Lipinski definition) is 1. The molecule has 0 fully saturated rings. The molecule has 6 aromatic rings. The Bertz CT molecular complexity index is 2260. The van der Waals surface area contributed by atoms with E-state index in [9.17, 15) is 52.7 Å². The lowest BCUT2D eigenvalue weighted by molar-refractivity contribution is -0.688. The summed E-state index contributed by atoms with van der Waals surface area (Å²) in [6, 6.07) is 7.19. The molecule has 1 aromatic heterocycles. The van der Waals surface area contributed by atoms with Crippen LogP contribution in [-0.4, -0.2) is 16.2 Å². The highest BCUT2D eigenvalue weighted by atomic mass is 19.2. The van der Waals surface area contributed by atoms with E-state index in [1.165, 1.54) is 0 Å². The molecule has 24 heteroatoms. The summed E-state index contributed by atoms with van der Waals surface area (Å²) < 4.78 is 296. The Morgan fingerprint density at radius 1 is 0.356 bits per heavy atom. The Morgan fingerprint density at radius 3 is 0.814 bits per heavy atom. The number of halogens is 20. The third-order valence-electron chi connectivity index (χ3n) is 8.70. The summed E-state index contributed by atoms with van der Waals surface area (Å²) in [4.78, 5) is 3.94. The van der Waals surface area contributed by atoms with Crippen LogP contribution in [0.4, 0.5) is 87.8 Å². The zero-order valence-corrected chi connectivity index (χ0v) is 27.8. The summed E-state index contributed by atoms with van der Waals surface area (Å²) in [5.74, 6) is -71.1. The molecule has 0 radical (unpaired) electrons. The SMILES string of the molecule is Fc1c(F)c(F)c([B-](c2c(F)c(F)c(F)c(F)c2F)(c2c(F)c(F)c(F)c(F)c2F)c2c(F)c(F)c(F)c(F)c2F)c(F)c1F.Oc1ccc(C[n+]2ccncc2)cc1. The zero-order chi connectivity index (χ0) is 44.2. The van der Waals surface area contributed by atoms with Crippen LogP contribution in [0.3, 0.4) is 0 Å². The number of phenolic OH excluding ortho intramolecular Hbond substituents is 1. The Kier molecular flexibility index (Phi) is 12.0. The molecule has 0 aliphatic carbocycles. The summed E-state index contributed by atoms with van der Waals surface area (Å²) in [5, 5.41) is 9.11. The van der Waals surface area contributed by atoms with Crippen LogP contribution in [0.25, 0.3) is 0 Å². The maximum atomic E-state index is 15.4. The van der Waals surface area contributed by atoms with E-state index < -0.39 is 144 Å². The van der Waals surface area contributed by atoms with Gasteiger partial charge in [0, 0.05) is 5.56 Å². The van der Waals surface area contributed by atoms with Gasteiger partial charge in [0.2, 0.25) is 0 Å². The Hall–Kier alpha value is -6.36. The topological polar surface area (TPSA) is 37.0 Å². The van der Waals surface area contributed by atoms with Gasteiger partial charge in [-0.1, -0.05) is 0 Å². The lowest BCUT2D eigenvalue weighted by atomic mass is 9.12. The second-order valence-electron chi connectivity index (χ2n) is 11.9. The van der Waals surface area contributed by atoms with Crippen molar-refractivity contribution < 1.29 is 97.5 Å². The lowest BCUT2D eigenvalue weighted by Gasteiger charge is -2.44. The van der Waals surface area contributed by atoms with E-state index >= 15 is 35.1 Å². The highest BCUT2D eigenvalue weighted by Crippen LogP contribution is 2.30. The fourth-order valence-corrected chi connectivity index (χ4v) is 6.14. The van der Waals surface area contributed by atoms with Gasteiger partial charge >= 0.3 is 0 Å². The average molecular weight is 866 g/mol. The molecule has 6 rings (SSSR count). The minimum atomic E-state index is -7.22. The van der Waals surface area contributed by atoms with Crippen molar-refractivity contribution >= 4 is 28.0 Å². The predicted octanol–water partition coefficient (Wildman–Crippen LogP) is 6.97. The highest BCUT2D eigenvalue weighted by molar-refractivity contribution is 7.20. The van der Waals surface area contributed by atoms with E-state index in [0.29, 0.717) is 5.75 Å². The fourth-order valence-electron chi connectivity index (χ4n) is 6.14. The molecule has 310 valence electrons. The molecule has 0 bridgehead atoms. The van der Waals surface area contributed by atoms with Crippen LogP contribution in [-0.2, 0) is 6.54 Å². The first-order valence-electron chi connectivity index (χ1n) is 15.3. The van der Waals surface area contributed by atoms with E-state index in [2.05, 4.69) is 4.98 Å². The van der Waals surface area contributed by atoms with E-state index in [1.54, 1.807) is 24.5 Å². The smallest absolute Gasteiger partial charge is 0.200 e. The molecule has 5 aromatic carbocycles. The molecule has 0 spiro atoms. The minimum Gasteiger partial charge on any atom is -0.508 e. The predicted molar refractivity (Wildman–Crippen MR) is 161 cm³/mol. The Labute approximate surface area is 314 Å². The zero-order valence-electron chi connectivity index (χ0n) is 27.8. The van der Waals surface area contributed by atoms with E-state index in [-0.39, 0.29) is 0 Å². The third-order valence-corrected chi connectivity index (χ3v) is 8.70. The van der Waals surface area contributed by atoms with Gasteiger partial charge in [-0.2, -0.15) is 4.57 Å². The van der Waals surface area contributed by atoms with Crippen LogP contribution < -0.4 is 26.4 Å². The van der Waals surface area contributed by atoms with Gasteiger partial charge < -0.3 is 5.11 Å². The molecule has 0 atom stereocenters. The van der Waals surface area contributed by atoms with Crippen molar-refractivity contribution in [2.24, 2.45) is 0 Å². The molecule has 0 amide bonds. The first-order chi connectivity index (χ1) is 27.5. The van der Waals surface area contributed by atoms with Crippen LogP contribution in [0.15, 0.2) is 49.1 Å². The van der Waals surface area contributed by atoms with Crippen molar-refractivity contribution in [3.05, 3.63) is 171 Å². The van der Waals surface area contributed by atoms with Gasteiger partial charge in [0.05, 0.1) is 12.4 Å². The van der Waals surface area contributed by atoms with Crippen molar-refractivity contribution in [3.8, 4) is 5.75 Å². The molecule has 59 heavy (non-hydrogen) atoms. The molecular weight excluding hydrogens is 855 g/mol. The van der Waals surface area contributed by atoms with Crippen LogP contribution >= 0.6 is 0 Å². The second kappa shape index (κ2) is 16.1. The van der Waals surface area contributed by atoms with Gasteiger partial charge in [-0.15, -0.1) is 21.9 Å². The van der Waals surface area contributed by atoms with Crippen LogP contribution in [0.1, 0.15) is 5.56 Å². The molecule has 0 aliphatic rings. The number of hydrogen-bond acceptors (Lipinski definition) is 2. The molecule has 0 aliphatic heterocycles. The average Bonchev–Trinajstić information content (AvgIpc) is 3.22. The molecule has 0 saturated heterocycles. The number of aromatic hydroxyl groups is 1. The summed E-state index contributed by atoms with van der Waals surface area (Å²) in [6.45, 7) is 0.794. The molecule has 0 saturated carbocycles. The highest BCUT2D eigenvalue weighted by Gasteiger charge is 2.52. The molecule has 1 heterocycles. The summed E-state index contributed by atoms with van der Waals surface area (Å²) >= 11 is 0. The standard InChI is InChI=1S/C24BF20.C11H10N2O/c26-5-1(6(27)14(35)21(42)13(5)34)25(2-7(28)15(36)22(43)16(37)8(2)29,3-9(30)17(38)23(44)18(39)10(3)31)4-11(32)19(40)24(45)20(41)12(4)33;14-11-3-1-10(2-4-11)9-13-7-5-12-6-8-13/h;1-8H,9H2/q-1;/p+1. The Balaban J connectivity index is 0.000000395. The van der Waals surface area contributed by atoms with Crippen LogP contribution in [0.5, 0.6) is 5.75 Å². The van der Waals surface area contributed by atoms with E-state index in [1.807, 2.05) is 29.1 Å². The van der Waals surface area contributed by atoms with E-state index in [0.717, 1.165) is 12.1 Å². The van der Waals surface area contributed by atoms with Gasteiger partial charge in [-0.05, 0) is 24.3 Å². The Morgan fingerprint density at radius 2 is 0.576 bits per heavy atom. The van der Waals surface area contributed by atoms with Crippen molar-refractivity contribution in [1.29, 1.82) is 0 Å². The molecule has 3 nitrogen and oxygen atoms in total.